The van der Waals surface area contributed by atoms with E-state index in [1.807, 2.05) is 13.8 Å². The van der Waals surface area contributed by atoms with Gasteiger partial charge in [0.05, 0.1) is 0 Å². The lowest BCUT2D eigenvalue weighted by atomic mass is 10.2. The second-order valence-corrected chi connectivity index (χ2v) is 3.02. The van der Waals surface area contributed by atoms with Crippen LogP contribution in [-0.2, 0) is 0 Å². The zero-order valence-electron chi connectivity index (χ0n) is 7.15. The Kier molecular flexibility index (Phi) is 4.06. The number of hydrogen-bond donors (Lipinski definition) is 1. The van der Waals surface area contributed by atoms with Crippen LogP contribution in [0.2, 0.25) is 0 Å². The van der Waals surface area contributed by atoms with Crippen molar-refractivity contribution < 1.29 is 13.2 Å². The Bertz CT molecular complexity index is 161. The molecule has 0 atom stereocenters. The van der Waals surface area contributed by atoms with E-state index >= 15 is 0 Å². The van der Waals surface area contributed by atoms with E-state index < -0.39 is 12.6 Å². The van der Waals surface area contributed by atoms with Crippen molar-refractivity contribution in [2.24, 2.45) is 16.6 Å². The number of nitrogens with two attached hydrogens (primary N) is 1. The van der Waals surface area contributed by atoms with E-state index in [1.165, 1.54) is 0 Å². The van der Waals surface area contributed by atoms with E-state index in [4.69, 9.17) is 5.73 Å². The fourth-order valence-corrected chi connectivity index (χ4v) is 0.561. The lowest BCUT2D eigenvalue weighted by Gasteiger charge is -2.06. The van der Waals surface area contributed by atoms with Gasteiger partial charge in [-0.25, -0.2) is 0 Å². The van der Waals surface area contributed by atoms with E-state index in [0.717, 1.165) is 0 Å². The van der Waals surface area contributed by atoms with Crippen molar-refractivity contribution in [2.75, 3.05) is 6.54 Å². The molecule has 0 saturated carbocycles. The van der Waals surface area contributed by atoms with Gasteiger partial charge in [0.1, 0.15) is 12.3 Å². The van der Waals surface area contributed by atoms with Crippen LogP contribution in [-0.4, -0.2) is 18.6 Å². The Balaban J connectivity index is 3.86. The molecule has 0 aliphatic rings. The molecule has 0 aliphatic carbocycles. The lowest BCUT2D eigenvalue weighted by Crippen LogP contribution is -2.22. The largest absolute Gasteiger partial charge is 0.395 e. The second-order valence-electron chi connectivity index (χ2n) is 3.02. The van der Waals surface area contributed by atoms with Crippen molar-refractivity contribution in [1.29, 1.82) is 0 Å². The summed E-state index contributed by atoms with van der Waals surface area (Å²) in [7, 11) is 0. The Morgan fingerprint density at radius 3 is 2.25 bits per heavy atom. The van der Waals surface area contributed by atoms with Crippen LogP contribution >= 0.6 is 0 Å². The van der Waals surface area contributed by atoms with Crippen LogP contribution in [0.3, 0.4) is 0 Å². The molecular weight excluding hydrogens is 169 g/mol. The van der Waals surface area contributed by atoms with Crippen LogP contribution in [0.25, 0.3) is 0 Å². The van der Waals surface area contributed by atoms with Crippen LogP contribution in [0.15, 0.2) is 4.99 Å². The summed E-state index contributed by atoms with van der Waals surface area (Å²) in [6.45, 7) is 4.08. The van der Waals surface area contributed by atoms with E-state index in [2.05, 4.69) is 4.99 Å². The van der Waals surface area contributed by atoms with Gasteiger partial charge in [-0.05, 0) is 5.92 Å². The van der Waals surface area contributed by atoms with Gasteiger partial charge in [-0.3, -0.25) is 4.99 Å². The number of hydrogen-bond acceptors (Lipinski definition) is 1. The van der Waals surface area contributed by atoms with E-state index in [-0.39, 0.29) is 11.8 Å². The van der Waals surface area contributed by atoms with Gasteiger partial charge >= 0.3 is 6.18 Å². The lowest BCUT2D eigenvalue weighted by molar-refractivity contribution is -0.121. The average molecular weight is 182 g/mol. The average Bonchev–Trinajstić information content (AvgIpc) is 1.79. The summed E-state index contributed by atoms with van der Waals surface area (Å²) in [5.41, 5.74) is 5.04. The SMILES string of the molecule is CC(C)CN=C(N)CC(F)(F)F. The van der Waals surface area contributed by atoms with Gasteiger partial charge in [-0.1, -0.05) is 13.8 Å². The van der Waals surface area contributed by atoms with E-state index in [0.29, 0.717) is 6.54 Å². The zero-order chi connectivity index (χ0) is 9.78. The molecule has 0 aromatic heterocycles. The molecule has 0 saturated heterocycles. The predicted molar refractivity (Wildman–Crippen MR) is 42.0 cm³/mol. The number of halogens is 3. The monoisotopic (exact) mass is 182 g/mol. The number of alkyl halides is 3. The Morgan fingerprint density at radius 1 is 1.42 bits per heavy atom. The molecule has 0 aliphatic heterocycles. The highest BCUT2D eigenvalue weighted by Gasteiger charge is 2.28. The van der Waals surface area contributed by atoms with Crippen molar-refractivity contribution in [2.45, 2.75) is 26.4 Å². The minimum Gasteiger partial charge on any atom is -0.387 e. The molecule has 0 spiro atoms. The molecular formula is C7H13F3N2. The highest BCUT2D eigenvalue weighted by Crippen LogP contribution is 2.18. The summed E-state index contributed by atoms with van der Waals surface area (Å²) in [4.78, 5) is 3.58. The van der Waals surface area contributed by atoms with Gasteiger partial charge in [0, 0.05) is 6.54 Å². The first-order chi connectivity index (χ1) is 5.31. The number of amidine groups is 1. The molecule has 0 aromatic carbocycles. The number of aliphatic imine (C=N–C) groups is 1. The van der Waals surface area contributed by atoms with Crippen LogP contribution < -0.4 is 5.73 Å². The molecule has 2 nitrogen and oxygen atoms in total. The molecule has 0 heterocycles. The number of nitrogens with zero attached hydrogens (tertiary/aromatic N) is 1. The summed E-state index contributed by atoms with van der Waals surface area (Å²) in [5.74, 6) is -0.104. The molecule has 2 N–H and O–H groups in total. The summed E-state index contributed by atoms with van der Waals surface area (Å²) < 4.78 is 35.0. The maximum atomic E-state index is 11.7. The summed E-state index contributed by atoms with van der Waals surface area (Å²) in [5, 5.41) is 0. The standard InChI is InChI=1S/C7H13F3N2/c1-5(2)4-12-6(11)3-7(8,9)10/h5H,3-4H2,1-2H3,(H2,11,12). The molecule has 0 bridgehead atoms. The molecule has 0 rings (SSSR count). The maximum absolute atomic E-state index is 11.7. The first-order valence-corrected chi connectivity index (χ1v) is 3.67. The Hall–Kier alpha value is -0.740. The first-order valence-electron chi connectivity index (χ1n) is 3.67. The molecule has 0 unspecified atom stereocenters. The Labute approximate surface area is 69.7 Å². The smallest absolute Gasteiger partial charge is 0.387 e. The van der Waals surface area contributed by atoms with Crippen LogP contribution in [0.4, 0.5) is 13.2 Å². The first kappa shape index (κ1) is 11.3. The minimum atomic E-state index is -4.25. The molecule has 0 radical (unpaired) electrons. The zero-order valence-corrected chi connectivity index (χ0v) is 7.15. The molecule has 0 aromatic rings. The second kappa shape index (κ2) is 4.33. The topological polar surface area (TPSA) is 38.4 Å². The third-order valence-corrected chi connectivity index (χ3v) is 1.04. The fraction of sp³-hybridized carbons (Fsp3) is 0.857. The maximum Gasteiger partial charge on any atom is 0.395 e. The van der Waals surface area contributed by atoms with Gasteiger partial charge in [0.2, 0.25) is 0 Å². The van der Waals surface area contributed by atoms with E-state index in [1.54, 1.807) is 0 Å². The van der Waals surface area contributed by atoms with Crippen molar-refractivity contribution >= 4 is 5.84 Å². The van der Waals surface area contributed by atoms with Gasteiger partial charge < -0.3 is 5.73 Å². The van der Waals surface area contributed by atoms with Crippen molar-refractivity contribution in [3.63, 3.8) is 0 Å². The van der Waals surface area contributed by atoms with Gasteiger partial charge in [0.25, 0.3) is 0 Å². The Morgan fingerprint density at radius 2 is 1.92 bits per heavy atom. The minimum absolute atomic E-state index is 0.233. The quantitative estimate of drug-likeness (QED) is 0.525. The molecule has 12 heavy (non-hydrogen) atoms. The third kappa shape index (κ3) is 7.37. The van der Waals surface area contributed by atoms with Crippen molar-refractivity contribution in [3.8, 4) is 0 Å². The summed E-state index contributed by atoms with van der Waals surface area (Å²) >= 11 is 0. The van der Waals surface area contributed by atoms with Crippen molar-refractivity contribution in [3.05, 3.63) is 0 Å². The molecule has 5 heteroatoms. The molecule has 0 fully saturated rings. The highest BCUT2D eigenvalue weighted by atomic mass is 19.4. The van der Waals surface area contributed by atoms with Gasteiger partial charge in [0.15, 0.2) is 0 Å². The summed E-state index contributed by atoms with van der Waals surface area (Å²) in [6, 6.07) is 0. The fourth-order valence-electron chi connectivity index (χ4n) is 0.561. The molecule has 72 valence electrons. The highest BCUT2D eigenvalue weighted by molar-refractivity contribution is 5.80. The van der Waals surface area contributed by atoms with Gasteiger partial charge in [-0.15, -0.1) is 0 Å². The number of rotatable bonds is 3. The van der Waals surface area contributed by atoms with Gasteiger partial charge in [-0.2, -0.15) is 13.2 Å². The normalized spacial score (nSPS) is 14.0. The molecule has 0 amide bonds. The third-order valence-electron chi connectivity index (χ3n) is 1.04. The van der Waals surface area contributed by atoms with Crippen LogP contribution in [0.5, 0.6) is 0 Å². The predicted octanol–water partition coefficient (Wildman–Crippen LogP) is 1.95. The van der Waals surface area contributed by atoms with Crippen LogP contribution in [0, 0.1) is 5.92 Å². The van der Waals surface area contributed by atoms with Crippen molar-refractivity contribution in [1.82, 2.24) is 0 Å². The van der Waals surface area contributed by atoms with Crippen LogP contribution in [0.1, 0.15) is 20.3 Å². The van der Waals surface area contributed by atoms with E-state index in [9.17, 15) is 13.2 Å². The summed E-state index contributed by atoms with van der Waals surface area (Å²) in [6.07, 6.45) is -5.36.